The molecular formula is C17H16ClF3N2O5S. The molecule has 0 bridgehead atoms. The average molecular weight is 453 g/mol. The third-order valence-corrected chi connectivity index (χ3v) is 5.22. The summed E-state index contributed by atoms with van der Waals surface area (Å²) in [4.78, 5) is 11.7. The van der Waals surface area contributed by atoms with Gasteiger partial charge in [-0.25, -0.2) is 13.1 Å². The number of methoxy groups -OCH3 is 1. The van der Waals surface area contributed by atoms with Gasteiger partial charge in [0.05, 0.1) is 17.0 Å². The first-order chi connectivity index (χ1) is 13.5. The normalized spacial score (nSPS) is 11.8. The minimum absolute atomic E-state index is 0.182. The van der Waals surface area contributed by atoms with Crippen LogP contribution in [0.4, 0.5) is 18.9 Å². The van der Waals surface area contributed by atoms with Gasteiger partial charge in [0.25, 0.3) is 0 Å². The number of carbonyl (C=O) groups is 1. The molecule has 0 aromatic heterocycles. The number of amides is 1. The first-order valence-electron chi connectivity index (χ1n) is 7.99. The molecule has 0 heterocycles. The largest absolute Gasteiger partial charge is 0.573 e. The summed E-state index contributed by atoms with van der Waals surface area (Å²) in [6.45, 7) is -0.223. The summed E-state index contributed by atoms with van der Waals surface area (Å²) in [6, 6.07) is 8.28. The van der Waals surface area contributed by atoms with Crippen molar-refractivity contribution in [1.29, 1.82) is 0 Å². The number of halogens is 4. The van der Waals surface area contributed by atoms with Gasteiger partial charge < -0.3 is 14.8 Å². The summed E-state index contributed by atoms with van der Waals surface area (Å²) in [5.41, 5.74) is 0.406. The molecule has 0 fully saturated rings. The lowest BCUT2D eigenvalue weighted by atomic mass is 10.3. The number of sulfonamides is 1. The number of nitrogens with one attached hydrogen (secondary N) is 2. The highest BCUT2D eigenvalue weighted by molar-refractivity contribution is 7.89. The SMILES string of the molecule is COc1ccc(NC(=O)CCNS(=O)(=O)c2ccc(OC(F)(F)F)cc2)cc1Cl. The van der Waals surface area contributed by atoms with Gasteiger partial charge in [-0.3, -0.25) is 4.79 Å². The van der Waals surface area contributed by atoms with Crippen molar-refractivity contribution >= 4 is 33.2 Å². The fraction of sp³-hybridized carbons (Fsp3) is 0.235. The molecule has 158 valence electrons. The fourth-order valence-electron chi connectivity index (χ4n) is 2.17. The Bertz CT molecular complexity index is 966. The van der Waals surface area contributed by atoms with E-state index in [-0.39, 0.29) is 17.9 Å². The lowest BCUT2D eigenvalue weighted by Gasteiger charge is -2.10. The maximum Gasteiger partial charge on any atom is 0.573 e. The Morgan fingerprint density at radius 2 is 1.79 bits per heavy atom. The minimum atomic E-state index is -4.87. The van der Waals surface area contributed by atoms with E-state index in [1.165, 1.54) is 13.2 Å². The zero-order valence-electron chi connectivity index (χ0n) is 14.9. The van der Waals surface area contributed by atoms with E-state index in [0.717, 1.165) is 24.3 Å². The quantitative estimate of drug-likeness (QED) is 0.639. The number of rotatable bonds is 8. The van der Waals surface area contributed by atoms with Crippen LogP contribution in [0.3, 0.4) is 0 Å². The molecule has 0 spiro atoms. The molecule has 0 saturated carbocycles. The molecule has 2 N–H and O–H groups in total. The van der Waals surface area contributed by atoms with Crippen molar-refractivity contribution in [2.45, 2.75) is 17.7 Å². The number of hydrogen-bond donors (Lipinski definition) is 2. The van der Waals surface area contributed by atoms with E-state index >= 15 is 0 Å². The van der Waals surface area contributed by atoms with Crippen LogP contribution in [0.25, 0.3) is 0 Å². The van der Waals surface area contributed by atoms with Gasteiger partial charge in [0, 0.05) is 18.7 Å². The van der Waals surface area contributed by atoms with Crippen LogP contribution in [-0.4, -0.2) is 34.3 Å². The third kappa shape index (κ3) is 7.11. The molecule has 2 aromatic carbocycles. The molecule has 7 nitrogen and oxygen atoms in total. The second-order valence-corrected chi connectivity index (χ2v) is 7.74. The summed E-state index contributed by atoms with van der Waals surface area (Å²) >= 11 is 5.95. The van der Waals surface area contributed by atoms with Crippen LogP contribution in [0.15, 0.2) is 47.4 Å². The molecular weight excluding hydrogens is 437 g/mol. The highest BCUT2D eigenvalue weighted by Crippen LogP contribution is 2.27. The van der Waals surface area contributed by atoms with Gasteiger partial charge in [0.1, 0.15) is 11.5 Å². The van der Waals surface area contributed by atoms with Crippen LogP contribution in [0.2, 0.25) is 5.02 Å². The Morgan fingerprint density at radius 1 is 1.14 bits per heavy atom. The number of anilines is 1. The van der Waals surface area contributed by atoms with Gasteiger partial charge >= 0.3 is 6.36 Å². The standard InChI is InChI=1S/C17H16ClF3N2O5S/c1-27-15-7-2-11(10-14(15)18)23-16(24)8-9-22-29(25,26)13-5-3-12(4-6-13)28-17(19,20)21/h2-7,10,22H,8-9H2,1H3,(H,23,24). The van der Waals surface area contributed by atoms with Gasteiger partial charge in [-0.05, 0) is 42.5 Å². The van der Waals surface area contributed by atoms with Crippen molar-refractivity contribution in [2.24, 2.45) is 0 Å². The van der Waals surface area contributed by atoms with Crippen molar-refractivity contribution in [3.63, 3.8) is 0 Å². The summed E-state index contributed by atoms with van der Waals surface area (Å²) in [7, 11) is -2.56. The maximum absolute atomic E-state index is 12.1. The number of hydrogen-bond acceptors (Lipinski definition) is 5. The molecule has 2 aromatic rings. The molecule has 0 aliphatic heterocycles. The highest BCUT2D eigenvalue weighted by Gasteiger charge is 2.31. The van der Waals surface area contributed by atoms with Crippen LogP contribution in [-0.2, 0) is 14.8 Å². The first-order valence-corrected chi connectivity index (χ1v) is 9.85. The highest BCUT2D eigenvalue weighted by atomic mass is 35.5. The van der Waals surface area contributed by atoms with E-state index in [0.29, 0.717) is 16.5 Å². The second-order valence-electron chi connectivity index (χ2n) is 5.56. The molecule has 12 heteroatoms. The Morgan fingerprint density at radius 3 is 2.34 bits per heavy atom. The summed E-state index contributed by atoms with van der Waals surface area (Å²) in [5.74, 6) is -0.582. The van der Waals surface area contributed by atoms with Crippen LogP contribution < -0.4 is 19.5 Å². The molecule has 29 heavy (non-hydrogen) atoms. The van der Waals surface area contributed by atoms with Gasteiger partial charge in [0.2, 0.25) is 15.9 Å². The predicted octanol–water partition coefficient (Wildman–Crippen LogP) is 3.55. The molecule has 0 aliphatic carbocycles. The second kappa shape index (κ2) is 9.33. The number of benzene rings is 2. The van der Waals surface area contributed by atoms with Crippen LogP contribution in [0.1, 0.15) is 6.42 Å². The Kier molecular flexibility index (Phi) is 7.33. The zero-order valence-corrected chi connectivity index (χ0v) is 16.5. The average Bonchev–Trinajstić information content (AvgIpc) is 2.61. The molecule has 0 aliphatic rings. The number of alkyl halides is 3. The van der Waals surface area contributed by atoms with Gasteiger partial charge in [-0.2, -0.15) is 0 Å². The van der Waals surface area contributed by atoms with E-state index in [2.05, 4.69) is 14.8 Å². The molecule has 0 unspecified atom stereocenters. The fourth-order valence-corrected chi connectivity index (χ4v) is 3.46. The summed E-state index contributed by atoms with van der Waals surface area (Å²) in [6.07, 6.45) is -5.06. The predicted molar refractivity (Wildman–Crippen MR) is 99.6 cm³/mol. The topological polar surface area (TPSA) is 93.7 Å². The summed E-state index contributed by atoms with van der Waals surface area (Å²) < 4.78 is 71.5. The van der Waals surface area contributed by atoms with Crippen LogP contribution in [0, 0.1) is 0 Å². The number of ether oxygens (including phenoxy) is 2. The first kappa shape index (κ1) is 22.8. The van der Waals surface area contributed by atoms with Gasteiger partial charge in [-0.1, -0.05) is 11.6 Å². The van der Waals surface area contributed by atoms with Crippen LogP contribution in [0.5, 0.6) is 11.5 Å². The molecule has 2 rings (SSSR count). The number of carbonyl (C=O) groups excluding carboxylic acids is 1. The van der Waals surface area contributed by atoms with Crippen molar-refractivity contribution < 1.29 is 35.9 Å². The molecule has 0 atom stereocenters. The molecule has 0 saturated heterocycles. The van der Waals surface area contributed by atoms with Crippen molar-refractivity contribution in [3.05, 3.63) is 47.5 Å². The van der Waals surface area contributed by atoms with Gasteiger partial charge in [0.15, 0.2) is 0 Å². The lowest BCUT2D eigenvalue weighted by molar-refractivity contribution is -0.274. The van der Waals surface area contributed by atoms with Crippen molar-refractivity contribution in [1.82, 2.24) is 4.72 Å². The Hall–Kier alpha value is -2.50. The van der Waals surface area contributed by atoms with E-state index < -0.39 is 28.0 Å². The van der Waals surface area contributed by atoms with Crippen molar-refractivity contribution in [3.8, 4) is 11.5 Å². The van der Waals surface area contributed by atoms with E-state index in [1.807, 2.05) is 0 Å². The summed E-state index contributed by atoms with van der Waals surface area (Å²) in [5, 5.41) is 2.85. The minimum Gasteiger partial charge on any atom is -0.495 e. The van der Waals surface area contributed by atoms with E-state index in [1.54, 1.807) is 12.1 Å². The van der Waals surface area contributed by atoms with Crippen molar-refractivity contribution in [2.75, 3.05) is 19.0 Å². The van der Waals surface area contributed by atoms with E-state index in [4.69, 9.17) is 16.3 Å². The molecule has 1 amide bonds. The maximum atomic E-state index is 12.1. The van der Waals surface area contributed by atoms with E-state index in [9.17, 15) is 26.4 Å². The lowest BCUT2D eigenvalue weighted by Crippen LogP contribution is -2.27. The Balaban J connectivity index is 1.88. The Labute approximate surface area is 169 Å². The third-order valence-electron chi connectivity index (χ3n) is 3.45. The van der Waals surface area contributed by atoms with Gasteiger partial charge in [-0.15, -0.1) is 13.2 Å². The molecule has 0 radical (unpaired) electrons. The smallest absolute Gasteiger partial charge is 0.495 e. The monoisotopic (exact) mass is 452 g/mol. The van der Waals surface area contributed by atoms with Crippen LogP contribution >= 0.6 is 11.6 Å². The zero-order chi connectivity index (χ0) is 21.7.